The zero-order chi connectivity index (χ0) is 8.97. The van der Waals surface area contributed by atoms with Crippen molar-refractivity contribution in [3.63, 3.8) is 0 Å². The second kappa shape index (κ2) is 3.85. The molecule has 1 aromatic heterocycles. The van der Waals surface area contributed by atoms with E-state index < -0.39 is 5.97 Å². The van der Waals surface area contributed by atoms with Crippen LogP contribution < -0.4 is 0 Å². The molecule has 63 valence electrons. The van der Waals surface area contributed by atoms with E-state index in [-0.39, 0.29) is 0 Å². The fourth-order valence-corrected chi connectivity index (χ4v) is 0.837. The van der Waals surface area contributed by atoms with Gasteiger partial charge in [-0.25, -0.2) is 9.78 Å². The second-order valence-corrected chi connectivity index (χ2v) is 2.26. The number of nitrogens with zero attached hydrogens (tertiary/aromatic N) is 1. The third kappa shape index (κ3) is 1.81. The molecule has 0 aliphatic heterocycles. The highest BCUT2D eigenvalue weighted by molar-refractivity contribution is 5.87. The van der Waals surface area contributed by atoms with Crippen LogP contribution in [-0.4, -0.2) is 18.1 Å². The quantitative estimate of drug-likeness (QED) is 0.617. The van der Waals surface area contributed by atoms with Crippen LogP contribution in [0.15, 0.2) is 18.2 Å². The van der Waals surface area contributed by atoms with E-state index in [2.05, 4.69) is 16.6 Å². The minimum atomic E-state index is -0.412. The van der Waals surface area contributed by atoms with Gasteiger partial charge in [-0.15, -0.1) is 0 Å². The van der Waals surface area contributed by atoms with E-state index in [0.717, 1.165) is 5.69 Å². The molecule has 0 unspecified atom stereocenters. The van der Waals surface area contributed by atoms with Gasteiger partial charge < -0.3 is 4.74 Å². The Balaban J connectivity index is 2.93. The molecule has 0 aliphatic rings. The van der Waals surface area contributed by atoms with Crippen LogP contribution in [0.5, 0.6) is 0 Å². The van der Waals surface area contributed by atoms with E-state index in [4.69, 9.17) is 0 Å². The van der Waals surface area contributed by atoms with Crippen molar-refractivity contribution in [1.29, 1.82) is 0 Å². The first-order chi connectivity index (χ1) is 5.77. The van der Waals surface area contributed by atoms with E-state index in [1.165, 1.54) is 7.11 Å². The van der Waals surface area contributed by atoms with Gasteiger partial charge in [0.2, 0.25) is 0 Å². The van der Waals surface area contributed by atoms with Crippen LogP contribution in [0.25, 0.3) is 0 Å². The highest BCUT2D eigenvalue weighted by Gasteiger charge is 2.05. The molecule has 1 aromatic rings. The number of carbonyl (C=O) groups excluding carboxylic acids is 1. The normalized spacial score (nSPS) is 9.50. The predicted molar refractivity (Wildman–Crippen MR) is 44.6 cm³/mol. The zero-order valence-electron chi connectivity index (χ0n) is 6.91. The fourth-order valence-electron chi connectivity index (χ4n) is 0.837. The molecule has 0 spiro atoms. The molecule has 0 saturated carbocycles. The first-order valence-corrected chi connectivity index (χ1v) is 3.61. The summed E-state index contributed by atoms with van der Waals surface area (Å²) in [6.45, 7) is 3.67. The molecule has 0 N–H and O–H groups in total. The number of ether oxygens (including phenoxy) is 1. The monoisotopic (exact) mass is 164 g/mol. The Labute approximate surface area is 71.4 Å². The van der Waals surface area contributed by atoms with Crippen LogP contribution >= 0.6 is 0 Å². The van der Waals surface area contributed by atoms with Gasteiger partial charge in [0.25, 0.3) is 0 Å². The summed E-state index contributed by atoms with van der Waals surface area (Å²) in [7, 11) is 1.33. The molecule has 0 fully saturated rings. The smallest absolute Gasteiger partial charge is 0.356 e. The fraction of sp³-hybridized carbons (Fsp3) is 0.222. The van der Waals surface area contributed by atoms with Crippen LogP contribution in [0.3, 0.4) is 0 Å². The maximum absolute atomic E-state index is 11.0. The molecular weight excluding hydrogens is 154 g/mol. The molecule has 3 heteroatoms. The van der Waals surface area contributed by atoms with Crippen molar-refractivity contribution in [2.75, 3.05) is 7.11 Å². The van der Waals surface area contributed by atoms with Gasteiger partial charge >= 0.3 is 5.97 Å². The maximum atomic E-state index is 11.0. The zero-order valence-corrected chi connectivity index (χ0v) is 6.91. The molecule has 0 amide bonds. The predicted octanol–water partition coefficient (Wildman–Crippen LogP) is 1.24. The van der Waals surface area contributed by atoms with Crippen molar-refractivity contribution < 1.29 is 9.53 Å². The molecule has 1 heterocycles. The Morgan fingerprint density at radius 2 is 2.42 bits per heavy atom. The lowest BCUT2D eigenvalue weighted by molar-refractivity contribution is 0.0594. The summed E-state index contributed by atoms with van der Waals surface area (Å²) in [6.07, 6.45) is 0.574. The summed E-state index contributed by atoms with van der Waals surface area (Å²) < 4.78 is 4.51. The second-order valence-electron chi connectivity index (χ2n) is 2.26. The topological polar surface area (TPSA) is 39.2 Å². The number of aromatic nitrogens is 1. The minimum Gasteiger partial charge on any atom is -0.464 e. The molecule has 3 nitrogen and oxygen atoms in total. The molecule has 12 heavy (non-hydrogen) atoms. The Hall–Kier alpha value is -1.38. The first kappa shape index (κ1) is 8.71. The molecular formula is C9H10NO2. The highest BCUT2D eigenvalue weighted by atomic mass is 16.5. The molecule has 0 aromatic carbocycles. The Bertz CT molecular complexity index is 284. The van der Waals surface area contributed by atoms with E-state index in [0.29, 0.717) is 12.1 Å². The number of hydrogen-bond acceptors (Lipinski definition) is 3. The molecule has 0 atom stereocenters. The third-order valence-corrected chi connectivity index (χ3v) is 1.46. The first-order valence-electron chi connectivity index (χ1n) is 3.61. The van der Waals surface area contributed by atoms with Crippen LogP contribution in [-0.2, 0) is 11.2 Å². The van der Waals surface area contributed by atoms with E-state index in [1.54, 1.807) is 12.1 Å². The molecule has 0 saturated heterocycles. The maximum Gasteiger partial charge on any atom is 0.356 e. The van der Waals surface area contributed by atoms with Gasteiger partial charge in [-0.2, -0.15) is 0 Å². The van der Waals surface area contributed by atoms with Crippen LogP contribution in [0.1, 0.15) is 16.2 Å². The number of pyridine rings is 1. The van der Waals surface area contributed by atoms with Crippen molar-refractivity contribution in [3.05, 3.63) is 36.5 Å². The van der Waals surface area contributed by atoms with Crippen molar-refractivity contribution in [2.24, 2.45) is 0 Å². The number of hydrogen-bond donors (Lipinski definition) is 0. The van der Waals surface area contributed by atoms with Crippen molar-refractivity contribution in [1.82, 2.24) is 4.98 Å². The lowest BCUT2D eigenvalue weighted by Crippen LogP contribution is -2.05. The van der Waals surface area contributed by atoms with Crippen LogP contribution in [0, 0.1) is 6.92 Å². The summed E-state index contributed by atoms with van der Waals surface area (Å²) in [5.74, 6) is -0.412. The standard InChI is InChI=1S/C9H10NO2/c1-3-7-5-4-6-8(10-7)9(11)12-2/h4-6H,1,3H2,2H3. The number of methoxy groups -OCH3 is 1. The van der Waals surface area contributed by atoms with Crippen molar-refractivity contribution >= 4 is 5.97 Å². The van der Waals surface area contributed by atoms with Gasteiger partial charge in [0.05, 0.1) is 7.11 Å². The van der Waals surface area contributed by atoms with Gasteiger partial charge in [0, 0.05) is 5.69 Å². The molecule has 1 rings (SSSR count). The van der Waals surface area contributed by atoms with Crippen molar-refractivity contribution in [3.8, 4) is 0 Å². The average Bonchev–Trinajstić information content (AvgIpc) is 2.17. The molecule has 1 radical (unpaired) electrons. The number of carbonyl (C=O) groups is 1. The Morgan fingerprint density at radius 1 is 1.67 bits per heavy atom. The van der Waals surface area contributed by atoms with E-state index in [1.807, 2.05) is 6.07 Å². The summed E-state index contributed by atoms with van der Waals surface area (Å²) in [6, 6.07) is 5.20. The Kier molecular flexibility index (Phi) is 2.80. The summed E-state index contributed by atoms with van der Waals surface area (Å²) >= 11 is 0. The van der Waals surface area contributed by atoms with Gasteiger partial charge in [-0.1, -0.05) is 6.07 Å². The number of rotatable bonds is 2. The Morgan fingerprint density at radius 3 is 3.00 bits per heavy atom. The summed E-state index contributed by atoms with van der Waals surface area (Å²) in [5.41, 5.74) is 1.12. The average molecular weight is 164 g/mol. The lowest BCUT2D eigenvalue weighted by atomic mass is 10.2. The van der Waals surface area contributed by atoms with E-state index in [9.17, 15) is 4.79 Å². The van der Waals surface area contributed by atoms with Gasteiger partial charge in [-0.3, -0.25) is 0 Å². The third-order valence-electron chi connectivity index (χ3n) is 1.46. The highest BCUT2D eigenvalue weighted by Crippen LogP contribution is 2.00. The molecule has 0 aliphatic carbocycles. The summed E-state index contributed by atoms with van der Waals surface area (Å²) in [4.78, 5) is 15.0. The SMILES string of the molecule is [CH2]Cc1cccc(C(=O)OC)n1. The van der Waals surface area contributed by atoms with Crippen LogP contribution in [0.4, 0.5) is 0 Å². The van der Waals surface area contributed by atoms with Gasteiger partial charge in [0.15, 0.2) is 0 Å². The minimum absolute atomic E-state index is 0.332. The number of esters is 1. The van der Waals surface area contributed by atoms with Gasteiger partial charge in [0.1, 0.15) is 5.69 Å². The molecule has 0 bridgehead atoms. The lowest BCUT2D eigenvalue weighted by Gasteiger charge is -1.99. The van der Waals surface area contributed by atoms with E-state index >= 15 is 0 Å². The summed E-state index contributed by atoms with van der Waals surface area (Å²) in [5, 5.41) is 0. The largest absolute Gasteiger partial charge is 0.464 e. The van der Waals surface area contributed by atoms with Crippen molar-refractivity contribution in [2.45, 2.75) is 6.42 Å². The van der Waals surface area contributed by atoms with Crippen LogP contribution in [0.2, 0.25) is 0 Å². The van der Waals surface area contributed by atoms with Gasteiger partial charge in [-0.05, 0) is 25.5 Å².